The number of aliphatic hydroxyl groups is 1. The molecule has 2 aromatic carbocycles. The molecule has 0 radical (unpaired) electrons. The molecule has 0 saturated carbocycles. The third-order valence-electron chi connectivity index (χ3n) is 9.10. The van der Waals surface area contributed by atoms with Gasteiger partial charge in [0.05, 0.1) is 19.8 Å². The zero-order valence-electron chi connectivity index (χ0n) is 31.8. The van der Waals surface area contributed by atoms with Crippen LogP contribution in [0.15, 0.2) is 120 Å². The fourth-order valence-corrected chi connectivity index (χ4v) is 10.6. The molecule has 0 bridgehead atoms. The lowest BCUT2D eigenvalue weighted by Crippen LogP contribution is -2.67. The standard InChI is InChI=1S/C44H66O3Si/c1-36(2)20-19-22-37(3)27-28-39(5)29-32-44(9,10)31-18-17-21-38(4)30-33-46-40(34-45)35-47-48(43(6,7)8,41-23-13-11-14-24-41)42-25-15-12-16-26-42/h11-16,18,20,23-27,30-31,40,45H,5,17,19,21-22,28-29,32-35H2,1-4,6-10H3/b31-18+,37-27+,38-30-. The van der Waals surface area contributed by atoms with Crippen molar-refractivity contribution >= 4 is 18.7 Å². The summed E-state index contributed by atoms with van der Waals surface area (Å²) in [6.45, 7) is 25.2. The molecule has 0 saturated heterocycles. The SMILES string of the molecule is C=C(C/C=C(\C)CCC=C(C)C)CCC(C)(C)/C=C/CC/C(C)=C\COC(CO)CO[Si](c1ccccc1)(c1ccccc1)C(C)(C)C. The summed E-state index contributed by atoms with van der Waals surface area (Å²) < 4.78 is 13.1. The van der Waals surface area contributed by atoms with Gasteiger partial charge in [-0.05, 0) is 93.5 Å². The van der Waals surface area contributed by atoms with Crippen LogP contribution in [0.2, 0.25) is 5.04 Å². The molecule has 0 amide bonds. The van der Waals surface area contributed by atoms with Gasteiger partial charge in [0.15, 0.2) is 0 Å². The van der Waals surface area contributed by atoms with Gasteiger partial charge in [0, 0.05) is 0 Å². The summed E-state index contributed by atoms with van der Waals surface area (Å²) in [7, 11) is -2.68. The summed E-state index contributed by atoms with van der Waals surface area (Å²) in [5, 5.41) is 12.6. The molecule has 48 heavy (non-hydrogen) atoms. The first kappa shape index (κ1) is 41.4. The van der Waals surface area contributed by atoms with E-state index in [2.05, 4.69) is 160 Å². The van der Waals surface area contributed by atoms with Gasteiger partial charge in [0.1, 0.15) is 6.10 Å². The van der Waals surface area contributed by atoms with E-state index in [-0.39, 0.29) is 17.1 Å². The van der Waals surface area contributed by atoms with Gasteiger partial charge in [-0.2, -0.15) is 0 Å². The van der Waals surface area contributed by atoms with Crippen molar-refractivity contribution in [1.82, 2.24) is 0 Å². The minimum atomic E-state index is -2.68. The molecule has 3 nitrogen and oxygen atoms in total. The second kappa shape index (κ2) is 20.7. The second-order valence-corrected chi connectivity index (χ2v) is 19.7. The van der Waals surface area contributed by atoms with Crippen molar-refractivity contribution in [1.29, 1.82) is 0 Å². The van der Waals surface area contributed by atoms with E-state index in [1.54, 1.807) is 0 Å². The highest BCUT2D eigenvalue weighted by Gasteiger charge is 2.50. The normalized spacial score (nSPS) is 14.0. The molecule has 1 N–H and O–H groups in total. The van der Waals surface area contributed by atoms with Crippen molar-refractivity contribution in [2.75, 3.05) is 19.8 Å². The van der Waals surface area contributed by atoms with Crippen LogP contribution in [-0.4, -0.2) is 39.3 Å². The number of ether oxygens (including phenoxy) is 1. The van der Waals surface area contributed by atoms with Crippen LogP contribution >= 0.6 is 0 Å². The van der Waals surface area contributed by atoms with Gasteiger partial charge in [-0.3, -0.25) is 0 Å². The predicted molar refractivity (Wildman–Crippen MR) is 212 cm³/mol. The smallest absolute Gasteiger partial charge is 0.261 e. The van der Waals surface area contributed by atoms with Gasteiger partial charge < -0.3 is 14.3 Å². The van der Waals surface area contributed by atoms with E-state index in [9.17, 15) is 5.11 Å². The van der Waals surface area contributed by atoms with E-state index in [0.717, 1.165) is 44.9 Å². The molecule has 4 heteroatoms. The highest BCUT2D eigenvalue weighted by molar-refractivity contribution is 6.99. The van der Waals surface area contributed by atoms with Crippen LogP contribution in [0.3, 0.4) is 0 Å². The van der Waals surface area contributed by atoms with Crippen LogP contribution < -0.4 is 10.4 Å². The maximum atomic E-state index is 10.2. The summed E-state index contributed by atoms with van der Waals surface area (Å²) in [4.78, 5) is 0. The Morgan fingerprint density at radius 2 is 1.35 bits per heavy atom. The molecular formula is C44H66O3Si. The minimum Gasteiger partial charge on any atom is -0.405 e. The molecule has 1 atom stereocenters. The van der Waals surface area contributed by atoms with Crippen LogP contribution in [0, 0.1) is 5.41 Å². The minimum absolute atomic E-state index is 0.0818. The van der Waals surface area contributed by atoms with Crippen molar-refractivity contribution in [2.24, 2.45) is 5.41 Å². The van der Waals surface area contributed by atoms with Crippen LogP contribution in [0.1, 0.15) is 107 Å². The molecule has 2 rings (SSSR count). The number of aliphatic hydroxyl groups excluding tert-OH is 1. The fraction of sp³-hybridized carbons (Fsp3) is 0.500. The maximum Gasteiger partial charge on any atom is 0.261 e. The first-order valence-electron chi connectivity index (χ1n) is 18.0. The maximum absolute atomic E-state index is 10.2. The van der Waals surface area contributed by atoms with E-state index in [0.29, 0.717) is 13.2 Å². The van der Waals surface area contributed by atoms with Crippen molar-refractivity contribution in [3.05, 3.63) is 120 Å². The largest absolute Gasteiger partial charge is 0.405 e. The van der Waals surface area contributed by atoms with E-state index in [1.807, 2.05) is 0 Å². The Hall–Kier alpha value is -2.76. The Labute approximate surface area is 295 Å². The lowest BCUT2D eigenvalue weighted by atomic mass is 9.85. The van der Waals surface area contributed by atoms with Crippen molar-refractivity contribution in [3.8, 4) is 0 Å². The Morgan fingerprint density at radius 3 is 1.90 bits per heavy atom. The molecular weight excluding hydrogens is 605 g/mol. The monoisotopic (exact) mass is 670 g/mol. The van der Waals surface area contributed by atoms with Gasteiger partial charge in [-0.15, -0.1) is 0 Å². The Kier molecular flexibility index (Phi) is 17.8. The molecule has 0 heterocycles. The summed E-state index contributed by atoms with van der Waals surface area (Å²) >= 11 is 0. The summed E-state index contributed by atoms with van der Waals surface area (Å²) in [6, 6.07) is 21.2. The van der Waals surface area contributed by atoms with E-state index in [1.165, 1.54) is 32.7 Å². The van der Waals surface area contributed by atoms with Gasteiger partial charge in [-0.25, -0.2) is 0 Å². The molecule has 0 aliphatic heterocycles. The summed E-state index contributed by atoms with van der Waals surface area (Å²) in [5.74, 6) is 0. The lowest BCUT2D eigenvalue weighted by Gasteiger charge is -2.43. The quantitative estimate of drug-likeness (QED) is 0.106. The van der Waals surface area contributed by atoms with Crippen LogP contribution in [0.5, 0.6) is 0 Å². The number of allylic oxidation sites excluding steroid dienone is 8. The van der Waals surface area contributed by atoms with Gasteiger partial charge >= 0.3 is 0 Å². The van der Waals surface area contributed by atoms with E-state index < -0.39 is 14.4 Å². The summed E-state index contributed by atoms with van der Waals surface area (Å²) in [6.07, 6.45) is 18.5. The van der Waals surface area contributed by atoms with E-state index >= 15 is 0 Å². The average Bonchev–Trinajstić information content (AvgIpc) is 3.04. The first-order valence-corrected chi connectivity index (χ1v) is 19.9. The highest BCUT2D eigenvalue weighted by Crippen LogP contribution is 2.37. The number of hydrogen-bond donors (Lipinski definition) is 1. The van der Waals surface area contributed by atoms with E-state index in [4.69, 9.17) is 9.16 Å². The zero-order valence-corrected chi connectivity index (χ0v) is 32.8. The summed E-state index contributed by atoms with van der Waals surface area (Å²) in [5.41, 5.74) is 5.60. The lowest BCUT2D eigenvalue weighted by molar-refractivity contribution is -0.00321. The molecule has 0 aromatic heterocycles. The molecule has 264 valence electrons. The highest BCUT2D eigenvalue weighted by atomic mass is 28.4. The fourth-order valence-electron chi connectivity index (χ4n) is 5.97. The Bertz CT molecular complexity index is 1300. The van der Waals surface area contributed by atoms with Crippen molar-refractivity contribution < 1.29 is 14.3 Å². The molecule has 1 unspecified atom stereocenters. The Morgan fingerprint density at radius 1 is 0.792 bits per heavy atom. The van der Waals surface area contributed by atoms with Crippen LogP contribution in [0.25, 0.3) is 0 Å². The molecule has 0 aliphatic carbocycles. The zero-order chi connectivity index (χ0) is 35.6. The topological polar surface area (TPSA) is 38.7 Å². The number of hydrogen-bond acceptors (Lipinski definition) is 3. The van der Waals surface area contributed by atoms with Gasteiger partial charge in [-0.1, -0.05) is 155 Å². The molecule has 0 spiro atoms. The predicted octanol–water partition coefficient (Wildman–Crippen LogP) is 10.7. The van der Waals surface area contributed by atoms with Gasteiger partial charge in [0.25, 0.3) is 8.32 Å². The average molecular weight is 671 g/mol. The van der Waals surface area contributed by atoms with Crippen LogP contribution in [0.4, 0.5) is 0 Å². The second-order valence-electron chi connectivity index (χ2n) is 15.4. The van der Waals surface area contributed by atoms with Gasteiger partial charge in [0.2, 0.25) is 0 Å². The first-order chi connectivity index (χ1) is 22.7. The molecule has 2 aromatic rings. The number of rotatable bonds is 21. The third-order valence-corrected chi connectivity index (χ3v) is 14.1. The van der Waals surface area contributed by atoms with Crippen molar-refractivity contribution in [3.63, 3.8) is 0 Å². The third kappa shape index (κ3) is 14.4. The Balaban J connectivity index is 1.87. The molecule has 0 fully saturated rings. The number of benzene rings is 2. The van der Waals surface area contributed by atoms with Crippen molar-refractivity contribution in [2.45, 2.75) is 118 Å². The van der Waals surface area contributed by atoms with Crippen LogP contribution in [-0.2, 0) is 9.16 Å². The molecule has 0 aliphatic rings.